The first-order chi connectivity index (χ1) is 12.6. The number of amides is 2. The molecule has 0 aliphatic carbocycles. The van der Waals surface area contributed by atoms with Crippen molar-refractivity contribution >= 4 is 23.2 Å². The van der Waals surface area contributed by atoms with Crippen molar-refractivity contribution in [3.63, 3.8) is 0 Å². The summed E-state index contributed by atoms with van der Waals surface area (Å²) in [4.78, 5) is 18.7. The van der Waals surface area contributed by atoms with Crippen LogP contribution in [0.5, 0.6) is 0 Å². The summed E-state index contributed by atoms with van der Waals surface area (Å²) in [5.74, 6) is 0.719. The topological polar surface area (TPSA) is 80.5 Å². The predicted molar refractivity (Wildman–Crippen MR) is 104 cm³/mol. The minimum absolute atomic E-state index is 0.214. The summed E-state index contributed by atoms with van der Waals surface area (Å²) in [5, 5.41) is 15.1. The predicted octanol–water partition coefficient (Wildman–Crippen LogP) is 3.53. The SMILES string of the molecule is Cc1cccc(NCC2=NCCN2C(=O)Nc2ccc(C#N)cc2)c1C. The maximum atomic E-state index is 12.6. The molecule has 0 aromatic heterocycles. The van der Waals surface area contributed by atoms with Gasteiger partial charge < -0.3 is 10.6 Å². The van der Waals surface area contributed by atoms with Crippen LogP contribution in [-0.2, 0) is 0 Å². The van der Waals surface area contributed by atoms with Crippen LogP contribution < -0.4 is 10.6 Å². The van der Waals surface area contributed by atoms with Crippen molar-refractivity contribution in [2.24, 2.45) is 4.99 Å². The molecule has 0 atom stereocenters. The van der Waals surface area contributed by atoms with Gasteiger partial charge in [0.15, 0.2) is 0 Å². The van der Waals surface area contributed by atoms with Crippen molar-refractivity contribution in [1.82, 2.24) is 4.90 Å². The lowest BCUT2D eigenvalue weighted by Crippen LogP contribution is -2.40. The molecule has 2 N–H and O–H groups in total. The molecule has 1 aliphatic heterocycles. The van der Waals surface area contributed by atoms with E-state index in [2.05, 4.69) is 41.6 Å². The minimum atomic E-state index is -0.214. The van der Waals surface area contributed by atoms with Crippen molar-refractivity contribution in [2.75, 3.05) is 30.3 Å². The summed E-state index contributed by atoms with van der Waals surface area (Å²) in [6.07, 6.45) is 0. The lowest BCUT2D eigenvalue weighted by atomic mass is 10.1. The maximum Gasteiger partial charge on any atom is 0.327 e. The van der Waals surface area contributed by atoms with Crippen molar-refractivity contribution in [3.05, 3.63) is 59.2 Å². The number of carbonyl (C=O) groups is 1. The highest BCUT2D eigenvalue weighted by Crippen LogP contribution is 2.18. The first kappa shape index (κ1) is 17.5. The number of rotatable bonds is 4. The summed E-state index contributed by atoms with van der Waals surface area (Å²) < 4.78 is 0. The zero-order valence-electron chi connectivity index (χ0n) is 14.9. The van der Waals surface area contributed by atoms with Gasteiger partial charge in [-0.05, 0) is 55.3 Å². The van der Waals surface area contributed by atoms with Crippen LogP contribution in [0.25, 0.3) is 0 Å². The number of carbonyl (C=O) groups excluding carboxylic acids is 1. The number of hydrogen-bond donors (Lipinski definition) is 2. The molecule has 2 aromatic rings. The van der Waals surface area contributed by atoms with Crippen LogP contribution in [0.15, 0.2) is 47.5 Å². The third kappa shape index (κ3) is 3.83. The first-order valence-electron chi connectivity index (χ1n) is 8.50. The highest BCUT2D eigenvalue weighted by molar-refractivity contribution is 6.05. The number of aryl methyl sites for hydroxylation is 1. The second-order valence-electron chi connectivity index (χ2n) is 6.17. The molecule has 2 aromatic carbocycles. The third-order valence-electron chi connectivity index (χ3n) is 4.48. The number of nitrogens with one attached hydrogen (secondary N) is 2. The Labute approximate surface area is 153 Å². The zero-order chi connectivity index (χ0) is 18.5. The Morgan fingerprint density at radius 3 is 2.73 bits per heavy atom. The van der Waals surface area contributed by atoms with Gasteiger partial charge in [-0.1, -0.05) is 12.1 Å². The van der Waals surface area contributed by atoms with E-state index < -0.39 is 0 Å². The fourth-order valence-electron chi connectivity index (χ4n) is 2.80. The van der Waals surface area contributed by atoms with Gasteiger partial charge >= 0.3 is 6.03 Å². The van der Waals surface area contributed by atoms with Crippen LogP contribution in [0.3, 0.4) is 0 Å². The molecule has 1 aliphatic rings. The standard InChI is InChI=1S/C20H21N5O/c1-14-4-3-5-18(15(14)2)23-13-19-22-10-11-25(19)20(26)24-17-8-6-16(12-21)7-9-17/h3-9,23H,10-11,13H2,1-2H3,(H,24,26). The molecule has 0 fully saturated rings. The third-order valence-corrected chi connectivity index (χ3v) is 4.48. The normalized spacial score (nSPS) is 13.1. The molecule has 26 heavy (non-hydrogen) atoms. The molecule has 6 nitrogen and oxygen atoms in total. The highest BCUT2D eigenvalue weighted by atomic mass is 16.2. The van der Waals surface area contributed by atoms with Gasteiger partial charge in [-0.25, -0.2) is 4.79 Å². The molecule has 1 heterocycles. The summed E-state index contributed by atoms with van der Waals surface area (Å²) in [6, 6.07) is 14.8. The van der Waals surface area contributed by atoms with E-state index in [1.54, 1.807) is 29.2 Å². The molecule has 132 valence electrons. The molecule has 0 saturated heterocycles. The monoisotopic (exact) mass is 347 g/mol. The van der Waals surface area contributed by atoms with Gasteiger partial charge in [0, 0.05) is 17.9 Å². The van der Waals surface area contributed by atoms with E-state index in [4.69, 9.17) is 5.26 Å². The Balaban J connectivity index is 1.62. The average molecular weight is 347 g/mol. The number of nitrogens with zero attached hydrogens (tertiary/aromatic N) is 3. The van der Waals surface area contributed by atoms with Gasteiger partial charge in [-0.15, -0.1) is 0 Å². The quantitative estimate of drug-likeness (QED) is 0.888. The molecule has 6 heteroatoms. The highest BCUT2D eigenvalue weighted by Gasteiger charge is 2.23. The van der Waals surface area contributed by atoms with E-state index in [0.29, 0.717) is 30.9 Å². The summed E-state index contributed by atoms with van der Waals surface area (Å²) in [7, 11) is 0. The van der Waals surface area contributed by atoms with Crippen LogP contribution >= 0.6 is 0 Å². The van der Waals surface area contributed by atoms with Crippen molar-refractivity contribution in [1.29, 1.82) is 5.26 Å². The van der Waals surface area contributed by atoms with Crippen LogP contribution in [0.4, 0.5) is 16.2 Å². The summed E-state index contributed by atoms with van der Waals surface area (Å²) in [5.41, 5.74) is 4.68. The van der Waals surface area contributed by atoms with Crippen molar-refractivity contribution in [2.45, 2.75) is 13.8 Å². The second kappa shape index (κ2) is 7.70. The van der Waals surface area contributed by atoms with Gasteiger partial charge in [-0.3, -0.25) is 9.89 Å². The lowest BCUT2D eigenvalue weighted by molar-refractivity contribution is 0.236. The Kier molecular flexibility index (Phi) is 5.18. The van der Waals surface area contributed by atoms with Crippen LogP contribution in [0.2, 0.25) is 0 Å². The Morgan fingerprint density at radius 1 is 1.23 bits per heavy atom. The van der Waals surface area contributed by atoms with Gasteiger partial charge in [0.05, 0.1) is 24.7 Å². The van der Waals surface area contributed by atoms with Crippen LogP contribution in [0.1, 0.15) is 16.7 Å². The van der Waals surface area contributed by atoms with E-state index in [1.807, 2.05) is 12.1 Å². The number of hydrogen-bond acceptors (Lipinski definition) is 4. The van der Waals surface area contributed by atoms with Crippen LogP contribution in [-0.4, -0.2) is 36.4 Å². The van der Waals surface area contributed by atoms with Gasteiger partial charge in [0.1, 0.15) is 5.84 Å². The number of benzene rings is 2. The summed E-state index contributed by atoms with van der Waals surface area (Å²) in [6.45, 7) is 5.80. The number of amidine groups is 1. The number of urea groups is 1. The molecule has 3 rings (SSSR count). The van der Waals surface area contributed by atoms with Crippen LogP contribution in [0, 0.1) is 25.2 Å². The first-order valence-corrected chi connectivity index (χ1v) is 8.50. The van der Waals surface area contributed by atoms with Crippen molar-refractivity contribution < 1.29 is 4.79 Å². The summed E-state index contributed by atoms with van der Waals surface area (Å²) >= 11 is 0. The van der Waals surface area contributed by atoms with E-state index in [9.17, 15) is 4.79 Å². The fourth-order valence-corrected chi connectivity index (χ4v) is 2.80. The fraction of sp³-hybridized carbons (Fsp3) is 0.250. The molecular formula is C20H21N5O. The zero-order valence-corrected chi connectivity index (χ0v) is 14.9. The number of nitriles is 1. The Morgan fingerprint density at radius 2 is 2.00 bits per heavy atom. The molecule has 0 unspecified atom stereocenters. The van der Waals surface area contributed by atoms with E-state index in [-0.39, 0.29) is 6.03 Å². The average Bonchev–Trinajstić information content (AvgIpc) is 3.12. The molecule has 0 radical (unpaired) electrons. The Hall–Kier alpha value is -3.33. The van der Waals surface area contributed by atoms with Crippen molar-refractivity contribution in [3.8, 4) is 6.07 Å². The lowest BCUT2D eigenvalue weighted by Gasteiger charge is -2.20. The van der Waals surface area contributed by atoms with E-state index in [0.717, 1.165) is 11.5 Å². The van der Waals surface area contributed by atoms with E-state index >= 15 is 0 Å². The van der Waals surface area contributed by atoms with Gasteiger partial charge in [-0.2, -0.15) is 5.26 Å². The molecule has 2 amide bonds. The van der Waals surface area contributed by atoms with Gasteiger partial charge in [0.2, 0.25) is 0 Å². The minimum Gasteiger partial charge on any atom is -0.378 e. The largest absolute Gasteiger partial charge is 0.378 e. The maximum absolute atomic E-state index is 12.6. The van der Waals surface area contributed by atoms with Gasteiger partial charge in [0.25, 0.3) is 0 Å². The molecule has 0 saturated carbocycles. The number of anilines is 2. The Bertz CT molecular complexity index is 880. The van der Waals surface area contributed by atoms with E-state index in [1.165, 1.54) is 11.1 Å². The smallest absolute Gasteiger partial charge is 0.327 e. The molecule has 0 spiro atoms. The second-order valence-corrected chi connectivity index (χ2v) is 6.17. The number of aliphatic imine (C=N–C) groups is 1. The molecule has 0 bridgehead atoms. The molecular weight excluding hydrogens is 326 g/mol.